The first-order valence-electron chi connectivity index (χ1n) is 8.90. The molecule has 122 valence electrons. The third kappa shape index (κ3) is 3.17. The Kier molecular flexibility index (Phi) is 4.39. The second-order valence-corrected chi connectivity index (χ2v) is 10.4. The summed E-state index contributed by atoms with van der Waals surface area (Å²) in [6.45, 7) is 4.90. The van der Waals surface area contributed by atoms with Crippen molar-refractivity contribution >= 4 is 9.84 Å². The number of hydrogen-bond donors (Lipinski definition) is 1. The lowest BCUT2D eigenvalue weighted by atomic mass is 9.48. The van der Waals surface area contributed by atoms with E-state index in [0.29, 0.717) is 5.75 Å². The second-order valence-electron chi connectivity index (χ2n) is 7.99. The van der Waals surface area contributed by atoms with E-state index >= 15 is 0 Å². The number of sulfone groups is 1. The molecular formula is C17H31NO2S. The molecule has 4 rings (SSSR count). The number of nitrogens with one attached hydrogen (secondary N) is 1. The molecule has 4 aliphatic rings. The highest BCUT2D eigenvalue weighted by Gasteiger charge is 2.54. The minimum atomic E-state index is -2.91. The molecule has 1 atom stereocenters. The van der Waals surface area contributed by atoms with Crippen molar-refractivity contribution in [3.63, 3.8) is 0 Å². The monoisotopic (exact) mass is 313 g/mol. The van der Waals surface area contributed by atoms with Gasteiger partial charge in [0.2, 0.25) is 0 Å². The third-order valence-electron chi connectivity index (χ3n) is 6.33. The molecule has 1 unspecified atom stereocenters. The van der Waals surface area contributed by atoms with Crippen LogP contribution in [0.5, 0.6) is 0 Å². The highest BCUT2D eigenvalue weighted by molar-refractivity contribution is 7.91. The van der Waals surface area contributed by atoms with Gasteiger partial charge in [0.25, 0.3) is 0 Å². The molecule has 0 heterocycles. The van der Waals surface area contributed by atoms with Crippen LogP contribution in [0, 0.1) is 23.2 Å². The fourth-order valence-electron chi connectivity index (χ4n) is 5.75. The van der Waals surface area contributed by atoms with E-state index in [-0.39, 0.29) is 17.2 Å². The molecule has 0 aliphatic heterocycles. The van der Waals surface area contributed by atoms with Gasteiger partial charge in [0.1, 0.15) is 0 Å². The van der Waals surface area contributed by atoms with E-state index < -0.39 is 9.84 Å². The van der Waals surface area contributed by atoms with Gasteiger partial charge < -0.3 is 5.32 Å². The molecule has 3 nitrogen and oxygen atoms in total. The maximum Gasteiger partial charge on any atom is 0.151 e. The molecule has 0 aromatic rings. The average molecular weight is 314 g/mol. The van der Waals surface area contributed by atoms with Crippen LogP contribution >= 0.6 is 0 Å². The van der Waals surface area contributed by atoms with E-state index in [9.17, 15) is 8.42 Å². The molecule has 0 radical (unpaired) electrons. The molecule has 0 aromatic carbocycles. The molecule has 0 aromatic heterocycles. The van der Waals surface area contributed by atoms with Crippen molar-refractivity contribution < 1.29 is 8.42 Å². The summed E-state index contributed by atoms with van der Waals surface area (Å²) in [6.07, 6.45) is 9.16. The lowest BCUT2D eigenvalue weighted by Crippen LogP contribution is -2.58. The lowest BCUT2D eigenvalue weighted by molar-refractivity contribution is -0.0696. The van der Waals surface area contributed by atoms with Crippen molar-refractivity contribution in [2.24, 2.45) is 23.2 Å². The number of hydrogen-bond acceptors (Lipinski definition) is 3. The molecular weight excluding hydrogens is 282 g/mol. The van der Waals surface area contributed by atoms with Crippen LogP contribution < -0.4 is 5.32 Å². The molecule has 21 heavy (non-hydrogen) atoms. The largest absolute Gasteiger partial charge is 0.312 e. The maximum absolute atomic E-state index is 12.2. The van der Waals surface area contributed by atoms with Gasteiger partial charge in [-0.1, -0.05) is 13.8 Å². The minimum absolute atomic E-state index is 0.191. The van der Waals surface area contributed by atoms with Gasteiger partial charge in [-0.25, -0.2) is 8.42 Å². The minimum Gasteiger partial charge on any atom is -0.312 e. The Morgan fingerprint density at radius 3 is 2.00 bits per heavy atom. The lowest BCUT2D eigenvalue weighted by Gasteiger charge is -2.59. The SMILES string of the molecule is CCCNC(CS(=O)(=O)CC)C12CC3CC(CC(C3)C1)C2. The summed E-state index contributed by atoms with van der Waals surface area (Å²) in [5, 5.41) is 3.64. The molecule has 4 aliphatic carbocycles. The first-order chi connectivity index (χ1) is 9.96. The normalized spacial score (nSPS) is 39.6. The summed E-state index contributed by atoms with van der Waals surface area (Å²) in [6, 6.07) is 0.191. The smallest absolute Gasteiger partial charge is 0.151 e. The summed E-state index contributed by atoms with van der Waals surface area (Å²) in [7, 11) is -2.91. The van der Waals surface area contributed by atoms with Crippen molar-refractivity contribution in [2.45, 2.75) is 64.8 Å². The van der Waals surface area contributed by atoms with Crippen molar-refractivity contribution in [3.8, 4) is 0 Å². The molecule has 4 fully saturated rings. The Labute approximate surface area is 130 Å². The summed E-state index contributed by atoms with van der Waals surface area (Å²) in [4.78, 5) is 0. The quantitative estimate of drug-likeness (QED) is 0.786. The summed E-state index contributed by atoms with van der Waals surface area (Å²) < 4.78 is 24.5. The Morgan fingerprint density at radius 2 is 1.57 bits per heavy atom. The molecule has 4 saturated carbocycles. The van der Waals surface area contributed by atoms with Gasteiger partial charge in [0, 0.05) is 11.8 Å². The van der Waals surface area contributed by atoms with Crippen LogP contribution in [0.2, 0.25) is 0 Å². The summed E-state index contributed by atoms with van der Waals surface area (Å²) >= 11 is 0. The summed E-state index contributed by atoms with van der Waals surface area (Å²) in [5.74, 6) is 3.28. The highest BCUT2D eigenvalue weighted by Crippen LogP contribution is 2.61. The standard InChI is InChI=1S/C17H31NO2S/c1-3-5-18-16(12-21(19,20)4-2)17-9-13-6-14(10-17)8-15(7-13)11-17/h13-16,18H,3-12H2,1-2H3. The van der Waals surface area contributed by atoms with Crippen LogP contribution in [0.4, 0.5) is 0 Å². The van der Waals surface area contributed by atoms with E-state index in [1.165, 1.54) is 38.5 Å². The van der Waals surface area contributed by atoms with Crippen molar-refractivity contribution in [3.05, 3.63) is 0 Å². The molecule has 4 bridgehead atoms. The van der Waals surface area contributed by atoms with Gasteiger partial charge in [-0.05, 0) is 74.7 Å². The highest BCUT2D eigenvalue weighted by atomic mass is 32.2. The van der Waals surface area contributed by atoms with Crippen LogP contribution in [-0.2, 0) is 9.84 Å². The molecule has 0 amide bonds. The van der Waals surface area contributed by atoms with Crippen LogP contribution in [0.25, 0.3) is 0 Å². The zero-order chi connectivity index (χ0) is 15.1. The Hall–Kier alpha value is -0.0900. The second kappa shape index (κ2) is 5.84. The molecule has 1 N–H and O–H groups in total. The van der Waals surface area contributed by atoms with E-state index in [2.05, 4.69) is 12.2 Å². The van der Waals surface area contributed by atoms with Gasteiger partial charge in [0.05, 0.1) is 5.75 Å². The van der Waals surface area contributed by atoms with Gasteiger partial charge >= 0.3 is 0 Å². The van der Waals surface area contributed by atoms with E-state index in [4.69, 9.17) is 0 Å². The zero-order valence-electron chi connectivity index (χ0n) is 13.6. The third-order valence-corrected chi connectivity index (χ3v) is 8.05. The fourth-order valence-corrected chi connectivity index (χ4v) is 6.96. The van der Waals surface area contributed by atoms with Crippen molar-refractivity contribution in [1.29, 1.82) is 0 Å². The summed E-state index contributed by atoms with van der Waals surface area (Å²) in [5.41, 5.74) is 0.284. The van der Waals surface area contributed by atoms with Crippen LogP contribution in [0.1, 0.15) is 58.8 Å². The van der Waals surface area contributed by atoms with Crippen molar-refractivity contribution in [1.82, 2.24) is 5.32 Å². The Bertz CT molecular complexity index is 436. The van der Waals surface area contributed by atoms with Crippen molar-refractivity contribution in [2.75, 3.05) is 18.1 Å². The Morgan fingerprint density at radius 1 is 1.05 bits per heavy atom. The number of rotatable bonds is 7. The predicted molar refractivity (Wildman–Crippen MR) is 87.0 cm³/mol. The fraction of sp³-hybridized carbons (Fsp3) is 1.00. The van der Waals surface area contributed by atoms with E-state index in [0.717, 1.165) is 30.7 Å². The maximum atomic E-state index is 12.2. The predicted octanol–water partition coefficient (Wildman–Crippen LogP) is 3.01. The van der Waals surface area contributed by atoms with Gasteiger partial charge in [-0.15, -0.1) is 0 Å². The first kappa shape index (κ1) is 15.8. The molecule has 0 saturated heterocycles. The zero-order valence-corrected chi connectivity index (χ0v) is 14.4. The topological polar surface area (TPSA) is 46.2 Å². The molecule has 0 spiro atoms. The molecule has 4 heteroatoms. The van der Waals surface area contributed by atoms with Crippen LogP contribution in [0.15, 0.2) is 0 Å². The van der Waals surface area contributed by atoms with Gasteiger partial charge in [-0.3, -0.25) is 0 Å². The van der Waals surface area contributed by atoms with E-state index in [1.807, 2.05) is 0 Å². The van der Waals surface area contributed by atoms with E-state index in [1.54, 1.807) is 6.92 Å². The van der Waals surface area contributed by atoms with Crippen LogP contribution in [-0.4, -0.2) is 32.5 Å². The first-order valence-corrected chi connectivity index (χ1v) is 10.7. The Balaban J connectivity index is 1.81. The van der Waals surface area contributed by atoms with Gasteiger partial charge in [0.15, 0.2) is 9.84 Å². The average Bonchev–Trinajstić information content (AvgIpc) is 2.42. The van der Waals surface area contributed by atoms with Gasteiger partial charge in [-0.2, -0.15) is 0 Å². The van der Waals surface area contributed by atoms with Crippen LogP contribution in [0.3, 0.4) is 0 Å².